The smallest absolute Gasteiger partial charge is 0.462 e. The minimum Gasteiger partial charge on any atom is -0.462 e. The van der Waals surface area contributed by atoms with E-state index < -0.39 is 72.9 Å². The second kappa shape index (κ2) is 17.5. The van der Waals surface area contributed by atoms with Crippen molar-refractivity contribution in [1.29, 1.82) is 0 Å². The van der Waals surface area contributed by atoms with Gasteiger partial charge in [-0.25, -0.2) is 9.59 Å². The molecule has 0 aromatic carbocycles. The summed E-state index contributed by atoms with van der Waals surface area (Å²) in [5.41, 5.74) is 0. The second-order valence-electron chi connectivity index (χ2n) is 7.08. The molecule has 0 fully saturated rings. The van der Waals surface area contributed by atoms with Crippen LogP contribution in [0.1, 0.15) is 61.8 Å². The number of rotatable bonds is 15. The molecule has 0 N–H and O–H groups in total. The van der Waals surface area contributed by atoms with Gasteiger partial charge in [0.15, 0.2) is 29.9 Å². The third kappa shape index (κ3) is 14.9. The van der Waals surface area contributed by atoms with Gasteiger partial charge in [-0.2, -0.15) is 0 Å². The first kappa shape index (κ1) is 33.2. The van der Waals surface area contributed by atoms with E-state index in [2.05, 4.69) is 0 Å². The molecule has 0 amide bonds. The first-order valence-electron chi connectivity index (χ1n) is 10.4. The monoisotopic (exact) mass is 492 g/mol. The molecule has 0 bridgehead atoms. The molecule has 0 rings (SSSR count). The van der Waals surface area contributed by atoms with Gasteiger partial charge in [0.25, 0.3) is 0 Å². The zero-order chi connectivity index (χ0) is 25.6. The molecule has 0 aromatic rings. The van der Waals surface area contributed by atoms with Crippen LogP contribution in [-0.4, -0.2) is 79.9 Å². The van der Waals surface area contributed by atoms with Crippen molar-refractivity contribution in [2.24, 2.45) is 0 Å². The highest BCUT2D eigenvalue weighted by Crippen LogP contribution is 2.05. The van der Waals surface area contributed by atoms with Crippen LogP contribution in [0.2, 0.25) is 0 Å². The summed E-state index contributed by atoms with van der Waals surface area (Å²) in [7, 11) is 0. The maximum atomic E-state index is 11.9. The number of esters is 3. The number of carbonyl (C=O) groups is 6. The Kier molecular flexibility index (Phi) is 17.0. The summed E-state index contributed by atoms with van der Waals surface area (Å²) >= 11 is 0. The predicted octanol–water partition coefficient (Wildman–Crippen LogP) is 1.93. The predicted molar refractivity (Wildman–Crippen MR) is 117 cm³/mol. The van der Waals surface area contributed by atoms with Crippen molar-refractivity contribution in [3.8, 4) is 0 Å². The first-order chi connectivity index (χ1) is 15.4. The molecule has 0 radical (unpaired) electrons. The van der Waals surface area contributed by atoms with Crippen molar-refractivity contribution >= 4 is 35.6 Å². The fourth-order valence-electron chi connectivity index (χ4n) is 2.07. The molecule has 0 heterocycles. The van der Waals surface area contributed by atoms with Gasteiger partial charge in [0.2, 0.25) is 0 Å². The minimum absolute atomic E-state index is 0. The van der Waals surface area contributed by atoms with E-state index in [9.17, 15) is 28.8 Å². The lowest BCUT2D eigenvalue weighted by Crippen LogP contribution is -2.32. The number of Topliss-reactive ketones (excluding diaryl/α,β-unsaturated/α-hetero) is 2. The van der Waals surface area contributed by atoms with Crippen LogP contribution in [0.15, 0.2) is 0 Å². The maximum Gasteiger partial charge on any atom is 0.509 e. The Labute approximate surface area is 199 Å². The molecule has 0 saturated heterocycles. The molecule has 0 aliphatic carbocycles. The number of carbonyl (C=O) groups excluding carboxylic acids is 6. The van der Waals surface area contributed by atoms with Crippen LogP contribution in [0.3, 0.4) is 0 Å². The fraction of sp³-hybridized carbons (Fsp3) is 0.727. The Hall–Kier alpha value is -3.02. The molecule has 12 heteroatoms. The first-order valence-corrected chi connectivity index (χ1v) is 10.4. The third-order valence-electron chi connectivity index (χ3n) is 3.80. The molecule has 12 nitrogen and oxygen atoms in total. The van der Waals surface area contributed by atoms with E-state index in [1.807, 2.05) is 0 Å². The van der Waals surface area contributed by atoms with Crippen LogP contribution >= 0.6 is 0 Å². The SMILES string of the molecule is C.CCOC(C)C(=O)OC(C)C(=O)CC(=O)OCCOC(=O)CC(=O)C(C)OC(=O)OC(C)C. The van der Waals surface area contributed by atoms with E-state index in [1.54, 1.807) is 20.8 Å². The lowest BCUT2D eigenvalue weighted by atomic mass is 10.2. The Balaban J connectivity index is 0. The van der Waals surface area contributed by atoms with Gasteiger partial charge in [-0.15, -0.1) is 0 Å². The molecule has 0 aliphatic rings. The lowest BCUT2D eigenvalue weighted by Gasteiger charge is -2.15. The van der Waals surface area contributed by atoms with Crippen LogP contribution in [0.4, 0.5) is 4.79 Å². The second-order valence-corrected chi connectivity index (χ2v) is 7.08. The highest BCUT2D eigenvalue weighted by molar-refractivity contribution is 5.99. The average molecular weight is 493 g/mol. The van der Waals surface area contributed by atoms with E-state index in [0.29, 0.717) is 6.61 Å². The summed E-state index contributed by atoms with van der Waals surface area (Å²) in [6, 6.07) is 0. The van der Waals surface area contributed by atoms with Crippen molar-refractivity contribution in [3.05, 3.63) is 0 Å². The quantitative estimate of drug-likeness (QED) is 0.142. The molecule has 34 heavy (non-hydrogen) atoms. The normalized spacial score (nSPS) is 12.9. The summed E-state index contributed by atoms with van der Waals surface area (Å²) < 4.78 is 29.0. The average Bonchev–Trinajstić information content (AvgIpc) is 2.70. The number of ketones is 2. The third-order valence-corrected chi connectivity index (χ3v) is 3.80. The molecule has 3 atom stereocenters. The minimum atomic E-state index is -1.21. The topological polar surface area (TPSA) is 158 Å². The largest absolute Gasteiger partial charge is 0.509 e. The van der Waals surface area contributed by atoms with Crippen molar-refractivity contribution in [1.82, 2.24) is 0 Å². The van der Waals surface area contributed by atoms with Gasteiger partial charge in [0.1, 0.15) is 26.1 Å². The van der Waals surface area contributed by atoms with E-state index in [1.165, 1.54) is 20.8 Å². The fourth-order valence-corrected chi connectivity index (χ4v) is 2.07. The number of ether oxygens (including phenoxy) is 6. The Bertz CT molecular complexity index is 700. The Morgan fingerprint density at radius 3 is 1.50 bits per heavy atom. The molecule has 0 saturated carbocycles. The molecule has 3 unspecified atom stereocenters. The van der Waals surface area contributed by atoms with E-state index in [4.69, 9.17) is 28.4 Å². The van der Waals surface area contributed by atoms with E-state index >= 15 is 0 Å². The van der Waals surface area contributed by atoms with Crippen molar-refractivity contribution in [2.75, 3.05) is 19.8 Å². The molecule has 196 valence electrons. The Morgan fingerprint density at radius 1 is 0.647 bits per heavy atom. The van der Waals surface area contributed by atoms with Crippen LogP contribution in [-0.2, 0) is 52.4 Å². The molecule has 0 aliphatic heterocycles. The van der Waals surface area contributed by atoms with Gasteiger partial charge >= 0.3 is 24.1 Å². The summed E-state index contributed by atoms with van der Waals surface area (Å²) in [5.74, 6) is -3.93. The summed E-state index contributed by atoms with van der Waals surface area (Å²) in [6.45, 7) is 8.57. The van der Waals surface area contributed by atoms with Gasteiger partial charge in [0, 0.05) is 6.61 Å². The molecule has 0 spiro atoms. The van der Waals surface area contributed by atoms with Gasteiger partial charge in [-0.3, -0.25) is 19.2 Å². The molecule has 0 aromatic heterocycles. The zero-order valence-electron chi connectivity index (χ0n) is 19.7. The van der Waals surface area contributed by atoms with E-state index in [-0.39, 0.29) is 20.6 Å². The van der Waals surface area contributed by atoms with Crippen molar-refractivity contribution < 1.29 is 57.2 Å². The van der Waals surface area contributed by atoms with Gasteiger partial charge in [-0.1, -0.05) is 7.43 Å². The van der Waals surface area contributed by atoms with Crippen molar-refractivity contribution in [3.63, 3.8) is 0 Å². The van der Waals surface area contributed by atoms with E-state index in [0.717, 1.165) is 0 Å². The maximum absolute atomic E-state index is 11.9. The van der Waals surface area contributed by atoms with Crippen LogP contribution in [0, 0.1) is 0 Å². The van der Waals surface area contributed by atoms with Crippen molar-refractivity contribution in [2.45, 2.75) is 86.2 Å². The van der Waals surface area contributed by atoms with Crippen LogP contribution in [0.25, 0.3) is 0 Å². The standard InChI is InChI=1S/C21H32O12.CH4/c1-7-28-15(6)20(26)32-13(4)16(22)10-18(24)29-8-9-30-19(25)11-17(23)14(5)33-21(27)31-12(2)3;/h12-15H,7-11H2,1-6H3;1H4. The molecular weight excluding hydrogens is 456 g/mol. The highest BCUT2D eigenvalue weighted by Gasteiger charge is 2.25. The zero-order valence-corrected chi connectivity index (χ0v) is 19.7. The number of hydrogen-bond acceptors (Lipinski definition) is 12. The number of hydrogen-bond donors (Lipinski definition) is 0. The van der Waals surface area contributed by atoms with Crippen LogP contribution < -0.4 is 0 Å². The highest BCUT2D eigenvalue weighted by atomic mass is 16.7. The molecular formula is C22H36O12. The summed E-state index contributed by atoms with van der Waals surface area (Å²) in [4.78, 5) is 70.2. The lowest BCUT2D eigenvalue weighted by molar-refractivity contribution is -0.165. The van der Waals surface area contributed by atoms with Crippen LogP contribution in [0.5, 0.6) is 0 Å². The van der Waals surface area contributed by atoms with Gasteiger partial charge in [-0.05, 0) is 41.5 Å². The van der Waals surface area contributed by atoms with Gasteiger partial charge < -0.3 is 28.4 Å². The summed E-state index contributed by atoms with van der Waals surface area (Å²) in [5, 5.41) is 0. The summed E-state index contributed by atoms with van der Waals surface area (Å²) in [6.07, 6.45) is -5.99. The Morgan fingerprint density at radius 2 is 1.09 bits per heavy atom. The van der Waals surface area contributed by atoms with Gasteiger partial charge in [0.05, 0.1) is 6.10 Å².